The van der Waals surface area contributed by atoms with Gasteiger partial charge in [-0.25, -0.2) is 9.97 Å². The number of nitrogens with zero attached hydrogens (tertiary/aromatic N) is 4. The molecule has 4 aromatic rings. The fourth-order valence-corrected chi connectivity index (χ4v) is 4.09. The summed E-state index contributed by atoms with van der Waals surface area (Å²) < 4.78 is 0. The van der Waals surface area contributed by atoms with Crippen LogP contribution in [-0.4, -0.2) is 26.2 Å². The summed E-state index contributed by atoms with van der Waals surface area (Å²) in [5.41, 5.74) is 3.20. The molecule has 0 saturated heterocycles. The average molecular weight is 419 g/mol. The second kappa shape index (κ2) is 9.16. The Hall–Kier alpha value is -2.76. The summed E-state index contributed by atoms with van der Waals surface area (Å²) in [6, 6.07) is 17.9. The van der Waals surface area contributed by atoms with E-state index < -0.39 is 0 Å². The van der Waals surface area contributed by atoms with Crippen molar-refractivity contribution in [3.05, 3.63) is 113 Å². The molecule has 6 heteroatoms. The van der Waals surface area contributed by atoms with Crippen LogP contribution in [0.5, 0.6) is 0 Å². The molecule has 144 valence electrons. The third-order valence-electron chi connectivity index (χ3n) is 4.76. The molecule has 0 amide bonds. The summed E-state index contributed by atoms with van der Waals surface area (Å²) in [6.07, 6.45) is 11.2. The number of aromatic nitrogens is 4. The quantitative estimate of drug-likeness (QED) is 0.301. The first-order valence-electron chi connectivity index (χ1n) is 9.18. The third kappa shape index (κ3) is 4.47. The molecule has 3 aromatic heterocycles. The standard InChI is InChI=1S/C23H19ClN4S/c1-29-20-9-12-27-23(28-20)22(16-5-2-8-19(24)13-16)21(17-6-3-10-25-14-17)18-7-4-11-26-15-18/h2-15,21-22H,1H3. The normalized spacial score (nSPS) is 12.1. The average Bonchev–Trinajstić information content (AvgIpc) is 2.78. The maximum Gasteiger partial charge on any atom is 0.137 e. The second-order valence-electron chi connectivity index (χ2n) is 6.54. The Kier molecular flexibility index (Phi) is 6.17. The highest BCUT2D eigenvalue weighted by atomic mass is 35.5. The fraction of sp³-hybridized carbons (Fsp3) is 0.130. The van der Waals surface area contributed by atoms with Crippen LogP contribution in [0.15, 0.2) is 90.6 Å². The summed E-state index contributed by atoms with van der Waals surface area (Å²) in [5.74, 6) is 0.541. The number of halogens is 1. The van der Waals surface area contributed by atoms with E-state index >= 15 is 0 Å². The zero-order chi connectivity index (χ0) is 20.1. The van der Waals surface area contributed by atoms with Gasteiger partial charge in [0.25, 0.3) is 0 Å². The number of rotatable bonds is 6. The predicted molar refractivity (Wildman–Crippen MR) is 117 cm³/mol. The monoisotopic (exact) mass is 418 g/mol. The molecule has 0 aliphatic heterocycles. The lowest BCUT2D eigenvalue weighted by atomic mass is 9.77. The van der Waals surface area contributed by atoms with Crippen molar-refractivity contribution >= 4 is 23.4 Å². The topological polar surface area (TPSA) is 51.6 Å². The largest absolute Gasteiger partial charge is 0.264 e. The van der Waals surface area contributed by atoms with Crippen LogP contribution < -0.4 is 0 Å². The van der Waals surface area contributed by atoms with E-state index in [0.717, 1.165) is 27.5 Å². The van der Waals surface area contributed by atoms with Crippen molar-refractivity contribution in [2.24, 2.45) is 0 Å². The van der Waals surface area contributed by atoms with Gasteiger partial charge >= 0.3 is 0 Å². The van der Waals surface area contributed by atoms with Crippen LogP contribution in [0.25, 0.3) is 0 Å². The number of benzene rings is 1. The van der Waals surface area contributed by atoms with Crippen LogP contribution in [-0.2, 0) is 0 Å². The van der Waals surface area contributed by atoms with Crippen molar-refractivity contribution in [1.82, 2.24) is 19.9 Å². The van der Waals surface area contributed by atoms with E-state index in [9.17, 15) is 0 Å². The number of hydrogen-bond donors (Lipinski definition) is 0. The smallest absolute Gasteiger partial charge is 0.137 e. The highest BCUT2D eigenvalue weighted by molar-refractivity contribution is 7.98. The molecule has 4 nitrogen and oxygen atoms in total. The first-order valence-corrected chi connectivity index (χ1v) is 10.8. The Labute approximate surface area is 179 Å². The van der Waals surface area contributed by atoms with Gasteiger partial charge in [0.05, 0.1) is 10.9 Å². The van der Waals surface area contributed by atoms with Gasteiger partial charge in [0.1, 0.15) is 5.82 Å². The minimum Gasteiger partial charge on any atom is -0.264 e. The highest BCUT2D eigenvalue weighted by Crippen LogP contribution is 2.42. The fourth-order valence-electron chi connectivity index (χ4n) is 3.51. The number of pyridine rings is 2. The van der Waals surface area contributed by atoms with E-state index in [1.165, 1.54) is 0 Å². The Morgan fingerprint density at radius 3 is 2.07 bits per heavy atom. The lowest BCUT2D eigenvalue weighted by Crippen LogP contribution is -2.18. The van der Waals surface area contributed by atoms with Crippen molar-refractivity contribution in [3.8, 4) is 0 Å². The molecule has 29 heavy (non-hydrogen) atoms. The number of thioether (sulfide) groups is 1. The molecule has 0 N–H and O–H groups in total. The van der Waals surface area contributed by atoms with E-state index in [1.807, 2.05) is 61.2 Å². The van der Waals surface area contributed by atoms with Crippen LogP contribution in [0.3, 0.4) is 0 Å². The lowest BCUT2D eigenvalue weighted by molar-refractivity contribution is 0.639. The second-order valence-corrected chi connectivity index (χ2v) is 7.80. The first-order chi connectivity index (χ1) is 14.3. The van der Waals surface area contributed by atoms with Crippen LogP contribution in [0.4, 0.5) is 0 Å². The molecule has 1 aromatic carbocycles. The van der Waals surface area contributed by atoms with Gasteiger partial charge in [0.15, 0.2) is 0 Å². The van der Waals surface area contributed by atoms with E-state index in [2.05, 4.69) is 33.2 Å². The zero-order valence-electron chi connectivity index (χ0n) is 15.8. The zero-order valence-corrected chi connectivity index (χ0v) is 17.4. The minimum absolute atomic E-state index is 0.0621. The van der Waals surface area contributed by atoms with Gasteiger partial charge < -0.3 is 0 Å². The molecule has 0 aliphatic carbocycles. The molecule has 3 heterocycles. The summed E-state index contributed by atoms with van der Waals surface area (Å²) in [5, 5.41) is 1.61. The summed E-state index contributed by atoms with van der Waals surface area (Å²) in [4.78, 5) is 18.2. The van der Waals surface area contributed by atoms with Crippen molar-refractivity contribution in [2.75, 3.05) is 6.26 Å². The van der Waals surface area contributed by atoms with Crippen molar-refractivity contribution < 1.29 is 0 Å². The summed E-state index contributed by atoms with van der Waals surface area (Å²) in [7, 11) is 0. The van der Waals surface area contributed by atoms with Gasteiger partial charge in [-0.2, -0.15) is 0 Å². The Morgan fingerprint density at radius 1 is 0.793 bits per heavy atom. The van der Waals surface area contributed by atoms with Crippen molar-refractivity contribution in [3.63, 3.8) is 0 Å². The maximum atomic E-state index is 6.36. The van der Waals surface area contributed by atoms with Gasteiger partial charge in [0, 0.05) is 41.9 Å². The van der Waals surface area contributed by atoms with Gasteiger partial charge in [-0.3, -0.25) is 9.97 Å². The van der Waals surface area contributed by atoms with Gasteiger partial charge in [-0.15, -0.1) is 11.8 Å². The van der Waals surface area contributed by atoms with E-state index in [-0.39, 0.29) is 11.8 Å². The molecule has 0 saturated carbocycles. The Bertz CT molecular complexity index is 1040. The minimum atomic E-state index is -0.144. The SMILES string of the molecule is CSc1ccnc(C(c2cccc(Cl)c2)C(c2cccnc2)c2cccnc2)n1. The Morgan fingerprint density at radius 2 is 1.48 bits per heavy atom. The first kappa shape index (κ1) is 19.6. The molecule has 0 radical (unpaired) electrons. The predicted octanol–water partition coefficient (Wildman–Crippen LogP) is 5.61. The molecule has 0 aliphatic rings. The summed E-state index contributed by atoms with van der Waals surface area (Å²) in [6.45, 7) is 0. The van der Waals surface area contributed by atoms with Crippen LogP contribution >= 0.6 is 23.4 Å². The molecule has 1 unspecified atom stereocenters. The molecule has 0 bridgehead atoms. The van der Waals surface area contributed by atoms with Gasteiger partial charge in [-0.1, -0.05) is 35.9 Å². The third-order valence-corrected chi connectivity index (χ3v) is 5.64. The van der Waals surface area contributed by atoms with Crippen LogP contribution in [0.2, 0.25) is 5.02 Å². The molecular weight excluding hydrogens is 400 g/mol. The highest BCUT2D eigenvalue weighted by Gasteiger charge is 2.31. The van der Waals surface area contributed by atoms with E-state index in [0.29, 0.717) is 5.02 Å². The molecule has 0 spiro atoms. The number of hydrogen-bond acceptors (Lipinski definition) is 5. The molecular formula is C23H19ClN4S. The van der Waals surface area contributed by atoms with E-state index in [1.54, 1.807) is 24.2 Å². The van der Waals surface area contributed by atoms with Crippen LogP contribution in [0.1, 0.15) is 34.4 Å². The van der Waals surface area contributed by atoms with Gasteiger partial charge in [-0.05, 0) is 53.3 Å². The van der Waals surface area contributed by atoms with E-state index in [4.69, 9.17) is 16.6 Å². The van der Waals surface area contributed by atoms with Crippen LogP contribution in [0, 0.1) is 0 Å². The molecule has 4 rings (SSSR count). The van der Waals surface area contributed by atoms with Crippen molar-refractivity contribution in [1.29, 1.82) is 0 Å². The Balaban J connectivity index is 1.95. The summed E-state index contributed by atoms with van der Waals surface area (Å²) >= 11 is 7.96. The lowest BCUT2D eigenvalue weighted by Gasteiger charge is -2.27. The van der Waals surface area contributed by atoms with Gasteiger partial charge in [0.2, 0.25) is 0 Å². The van der Waals surface area contributed by atoms with Crippen molar-refractivity contribution in [2.45, 2.75) is 16.9 Å². The molecule has 0 fully saturated rings. The molecule has 1 atom stereocenters. The maximum absolute atomic E-state index is 6.36.